The number of ether oxygens (including phenoxy) is 1. The molecule has 0 spiro atoms. The molecule has 1 atom stereocenters. The predicted molar refractivity (Wildman–Crippen MR) is 91.9 cm³/mol. The van der Waals surface area contributed by atoms with Crippen molar-refractivity contribution in [2.24, 2.45) is 0 Å². The molecule has 0 saturated carbocycles. The van der Waals surface area contributed by atoms with Crippen molar-refractivity contribution in [3.05, 3.63) is 29.8 Å². The van der Waals surface area contributed by atoms with Crippen LogP contribution in [0.15, 0.2) is 24.3 Å². The lowest BCUT2D eigenvalue weighted by atomic mass is 10.2. The van der Waals surface area contributed by atoms with E-state index in [1.807, 2.05) is 29.2 Å². The van der Waals surface area contributed by atoms with Crippen LogP contribution < -0.4 is 10.2 Å². The predicted octanol–water partition coefficient (Wildman–Crippen LogP) is 1.96. The number of carbonyl (C=O) groups is 1. The zero-order chi connectivity index (χ0) is 16.8. The average molecular weight is 328 g/mol. The number of hydrogen-bond acceptors (Lipinski definition) is 4. The normalized spacial score (nSPS) is 21.2. The van der Waals surface area contributed by atoms with Gasteiger partial charge >= 0.3 is 6.03 Å². The van der Waals surface area contributed by atoms with Gasteiger partial charge in [0.2, 0.25) is 0 Å². The van der Waals surface area contributed by atoms with Gasteiger partial charge in [-0.1, -0.05) is 0 Å². The molecule has 0 aliphatic carbocycles. The molecule has 2 amide bonds. The molecule has 2 aliphatic heterocycles. The van der Waals surface area contributed by atoms with Crippen LogP contribution in [0.1, 0.15) is 24.8 Å². The monoisotopic (exact) mass is 328 g/mol. The Morgan fingerprint density at radius 1 is 1.21 bits per heavy atom. The van der Waals surface area contributed by atoms with Gasteiger partial charge in [0.25, 0.3) is 0 Å². The number of carbonyl (C=O) groups excluding carboxylic acids is 1. The van der Waals surface area contributed by atoms with Crippen molar-refractivity contribution < 1.29 is 9.53 Å². The van der Waals surface area contributed by atoms with Crippen molar-refractivity contribution in [3.63, 3.8) is 0 Å². The van der Waals surface area contributed by atoms with Gasteiger partial charge in [0.1, 0.15) is 0 Å². The quantitative estimate of drug-likeness (QED) is 0.921. The Kier molecular flexibility index (Phi) is 5.55. The zero-order valence-electron chi connectivity index (χ0n) is 13.9. The Bertz CT molecular complexity index is 590. The van der Waals surface area contributed by atoms with Gasteiger partial charge in [-0.2, -0.15) is 5.26 Å². The van der Waals surface area contributed by atoms with Crippen molar-refractivity contribution >= 4 is 11.7 Å². The summed E-state index contributed by atoms with van der Waals surface area (Å²) in [6.45, 7) is 4.61. The highest BCUT2D eigenvalue weighted by atomic mass is 16.5. The highest BCUT2D eigenvalue weighted by Gasteiger charge is 2.21. The molecule has 0 aromatic heterocycles. The van der Waals surface area contributed by atoms with Gasteiger partial charge in [-0.15, -0.1) is 0 Å². The molecule has 128 valence electrons. The van der Waals surface area contributed by atoms with E-state index in [-0.39, 0.29) is 12.1 Å². The Morgan fingerprint density at radius 2 is 2.04 bits per heavy atom. The van der Waals surface area contributed by atoms with E-state index >= 15 is 0 Å². The summed E-state index contributed by atoms with van der Waals surface area (Å²) in [7, 11) is 0. The SMILES string of the molecule is N#Cc1ccc(N2CCCN(C(=O)NCC3CCCO3)CC2)cc1. The molecule has 6 nitrogen and oxygen atoms in total. The topological polar surface area (TPSA) is 68.6 Å². The standard InChI is InChI=1S/C18H24N4O2/c19-13-15-4-6-16(7-5-15)21-8-2-9-22(11-10-21)18(23)20-14-17-3-1-12-24-17/h4-7,17H,1-3,8-12,14H2,(H,20,23). The van der Waals surface area contributed by atoms with E-state index in [1.165, 1.54) is 0 Å². The van der Waals surface area contributed by atoms with Gasteiger partial charge in [-0.05, 0) is 43.5 Å². The molecule has 6 heteroatoms. The zero-order valence-corrected chi connectivity index (χ0v) is 13.9. The highest BCUT2D eigenvalue weighted by Crippen LogP contribution is 2.17. The number of benzene rings is 1. The maximum atomic E-state index is 12.3. The number of anilines is 1. The first-order valence-corrected chi connectivity index (χ1v) is 8.66. The average Bonchev–Trinajstić information content (AvgIpc) is 3.02. The van der Waals surface area contributed by atoms with Crippen LogP contribution in [-0.2, 0) is 4.74 Å². The summed E-state index contributed by atoms with van der Waals surface area (Å²) >= 11 is 0. The lowest BCUT2D eigenvalue weighted by molar-refractivity contribution is 0.109. The van der Waals surface area contributed by atoms with Gasteiger partial charge in [-0.3, -0.25) is 0 Å². The smallest absolute Gasteiger partial charge is 0.317 e. The number of amides is 2. The third kappa shape index (κ3) is 4.18. The van der Waals surface area contributed by atoms with Crippen LogP contribution in [0.2, 0.25) is 0 Å². The molecule has 1 aromatic carbocycles. The maximum Gasteiger partial charge on any atom is 0.317 e. The van der Waals surface area contributed by atoms with E-state index in [4.69, 9.17) is 10.00 Å². The van der Waals surface area contributed by atoms with Gasteiger partial charge in [0, 0.05) is 45.0 Å². The lowest BCUT2D eigenvalue weighted by Crippen LogP contribution is -2.44. The van der Waals surface area contributed by atoms with Crippen molar-refractivity contribution in [2.45, 2.75) is 25.4 Å². The number of nitrogens with one attached hydrogen (secondary N) is 1. The Hall–Kier alpha value is -2.26. The molecule has 0 radical (unpaired) electrons. The fourth-order valence-corrected chi connectivity index (χ4v) is 3.24. The first kappa shape index (κ1) is 16.6. The second-order valence-electron chi connectivity index (χ2n) is 6.31. The minimum Gasteiger partial charge on any atom is -0.376 e. The summed E-state index contributed by atoms with van der Waals surface area (Å²) in [5.41, 5.74) is 1.78. The molecule has 0 bridgehead atoms. The number of hydrogen-bond donors (Lipinski definition) is 1. The van der Waals surface area contributed by atoms with Crippen LogP contribution >= 0.6 is 0 Å². The summed E-state index contributed by atoms with van der Waals surface area (Å²) in [4.78, 5) is 16.5. The lowest BCUT2D eigenvalue weighted by Gasteiger charge is -2.24. The number of nitrogens with zero attached hydrogens (tertiary/aromatic N) is 3. The molecule has 3 rings (SSSR count). The number of rotatable bonds is 3. The van der Waals surface area contributed by atoms with Gasteiger partial charge in [0.05, 0.1) is 17.7 Å². The largest absolute Gasteiger partial charge is 0.376 e. The highest BCUT2D eigenvalue weighted by molar-refractivity contribution is 5.74. The van der Waals surface area contributed by atoms with Crippen molar-refractivity contribution in [2.75, 3.05) is 44.2 Å². The molecular weight excluding hydrogens is 304 g/mol. The first-order valence-electron chi connectivity index (χ1n) is 8.66. The van der Waals surface area contributed by atoms with Crippen LogP contribution in [0.25, 0.3) is 0 Å². The minimum absolute atomic E-state index is 0.00665. The Morgan fingerprint density at radius 3 is 2.75 bits per heavy atom. The van der Waals surface area contributed by atoms with E-state index in [9.17, 15) is 4.79 Å². The minimum atomic E-state index is 0.00665. The molecule has 2 aliphatic rings. The maximum absolute atomic E-state index is 12.3. The first-order chi connectivity index (χ1) is 11.8. The van der Waals surface area contributed by atoms with Crippen molar-refractivity contribution in [1.29, 1.82) is 5.26 Å². The van der Waals surface area contributed by atoms with Gasteiger partial charge in [-0.25, -0.2) is 4.79 Å². The van der Waals surface area contributed by atoms with Gasteiger partial charge < -0.3 is 19.9 Å². The molecule has 2 heterocycles. The Labute approximate surface area is 143 Å². The van der Waals surface area contributed by atoms with E-state index < -0.39 is 0 Å². The third-order valence-electron chi connectivity index (χ3n) is 4.65. The second-order valence-corrected chi connectivity index (χ2v) is 6.31. The molecule has 2 saturated heterocycles. The van der Waals surface area contributed by atoms with E-state index in [0.29, 0.717) is 18.7 Å². The Balaban J connectivity index is 1.50. The summed E-state index contributed by atoms with van der Waals surface area (Å²) < 4.78 is 5.54. The molecule has 1 aromatic rings. The van der Waals surface area contributed by atoms with E-state index in [0.717, 1.165) is 51.2 Å². The second kappa shape index (κ2) is 8.02. The van der Waals surface area contributed by atoms with E-state index in [1.54, 1.807) is 0 Å². The number of urea groups is 1. The van der Waals surface area contributed by atoms with Crippen LogP contribution in [0.5, 0.6) is 0 Å². The van der Waals surface area contributed by atoms with Crippen LogP contribution in [0, 0.1) is 11.3 Å². The van der Waals surface area contributed by atoms with E-state index in [2.05, 4.69) is 16.3 Å². The number of nitriles is 1. The summed E-state index contributed by atoms with van der Waals surface area (Å²) in [5, 5.41) is 11.9. The fraction of sp³-hybridized carbons (Fsp3) is 0.556. The van der Waals surface area contributed by atoms with Crippen LogP contribution in [-0.4, -0.2) is 56.4 Å². The van der Waals surface area contributed by atoms with Crippen LogP contribution in [0.3, 0.4) is 0 Å². The van der Waals surface area contributed by atoms with Crippen molar-refractivity contribution in [3.8, 4) is 6.07 Å². The molecule has 24 heavy (non-hydrogen) atoms. The molecular formula is C18H24N4O2. The summed E-state index contributed by atoms with van der Waals surface area (Å²) in [6.07, 6.45) is 3.24. The third-order valence-corrected chi connectivity index (χ3v) is 4.65. The van der Waals surface area contributed by atoms with Crippen LogP contribution in [0.4, 0.5) is 10.5 Å². The summed E-state index contributed by atoms with van der Waals surface area (Å²) in [6, 6.07) is 9.78. The fourth-order valence-electron chi connectivity index (χ4n) is 3.24. The molecule has 2 fully saturated rings. The van der Waals surface area contributed by atoms with Crippen molar-refractivity contribution in [1.82, 2.24) is 10.2 Å². The molecule has 1 unspecified atom stereocenters. The van der Waals surface area contributed by atoms with Gasteiger partial charge in [0.15, 0.2) is 0 Å². The molecule has 1 N–H and O–H groups in total. The summed E-state index contributed by atoms with van der Waals surface area (Å²) in [5.74, 6) is 0.